The van der Waals surface area contributed by atoms with Crippen LogP contribution in [0.15, 0.2) is 60.1 Å². The summed E-state index contributed by atoms with van der Waals surface area (Å²) in [5.74, 6) is 9.00. The van der Waals surface area contributed by atoms with Crippen LogP contribution in [0.5, 0.6) is 0 Å². The Morgan fingerprint density at radius 3 is 2.23 bits per heavy atom. The summed E-state index contributed by atoms with van der Waals surface area (Å²) < 4.78 is 3.78. The van der Waals surface area contributed by atoms with Crippen molar-refractivity contribution in [1.82, 2.24) is 24.1 Å². The molecule has 0 saturated heterocycles. The van der Waals surface area contributed by atoms with E-state index in [2.05, 4.69) is 64.4 Å². The second kappa shape index (κ2) is 10.8. The summed E-state index contributed by atoms with van der Waals surface area (Å²) in [5.41, 5.74) is 3.70. The summed E-state index contributed by atoms with van der Waals surface area (Å²) in [7, 11) is 0.678. The SMILES string of the molecule is C=S(=C)(C)c1ccc(Nc2nccn3c(-c4cnn(C)c4)cnc23)cc1.CC.CCC. The molecule has 4 rings (SSSR count). The average Bonchev–Trinajstić information content (AvgIpc) is 3.36. The first-order valence-electron chi connectivity index (χ1n) is 10.5. The molecule has 1 aromatic carbocycles. The highest BCUT2D eigenvalue weighted by Crippen LogP contribution is 2.30. The van der Waals surface area contributed by atoms with Crippen LogP contribution in [0.2, 0.25) is 0 Å². The average molecular weight is 439 g/mol. The molecule has 3 heterocycles. The summed E-state index contributed by atoms with van der Waals surface area (Å²) >= 11 is 0. The summed E-state index contributed by atoms with van der Waals surface area (Å²) in [6.45, 7) is 8.25. The maximum atomic E-state index is 4.54. The summed E-state index contributed by atoms with van der Waals surface area (Å²) in [6, 6.07) is 8.16. The molecular weight excluding hydrogens is 404 g/mol. The van der Waals surface area contributed by atoms with Crippen LogP contribution in [0.4, 0.5) is 11.5 Å². The molecule has 3 aromatic heterocycles. The van der Waals surface area contributed by atoms with E-state index in [1.165, 1.54) is 6.42 Å². The van der Waals surface area contributed by atoms with Gasteiger partial charge < -0.3 is 5.32 Å². The van der Waals surface area contributed by atoms with E-state index in [4.69, 9.17) is 0 Å². The molecule has 0 amide bonds. The minimum atomic E-state index is -1.22. The van der Waals surface area contributed by atoms with Gasteiger partial charge in [-0.15, -0.1) is 0 Å². The molecule has 0 fully saturated rings. The van der Waals surface area contributed by atoms with Gasteiger partial charge >= 0.3 is 0 Å². The molecule has 0 unspecified atom stereocenters. The fraction of sp³-hybridized carbons (Fsp3) is 0.292. The fourth-order valence-electron chi connectivity index (χ4n) is 2.78. The Kier molecular flexibility index (Phi) is 8.45. The first-order valence-corrected chi connectivity index (χ1v) is 12.8. The van der Waals surface area contributed by atoms with Crippen molar-refractivity contribution < 1.29 is 0 Å². The topological polar surface area (TPSA) is 60.0 Å². The van der Waals surface area contributed by atoms with Crippen LogP contribution in [0, 0.1) is 0 Å². The van der Waals surface area contributed by atoms with Crippen molar-refractivity contribution in [2.24, 2.45) is 7.05 Å². The van der Waals surface area contributed by atoms with Crippen molar-refractivity contribution in [3.05, 3.63) is 55.2 Å². The standard InChI is InChI=1S/C19H20N6S.C3H8.C2H6/c1-24-13-14(11-22-24)17-12-21-19-18(20-9-10-25(17)19)23-15-5-7-16(8-6-15)26(2,3)4;1-3-2;1-2/h5-13H,2-3H2,1,4H3,(H,20,23);3H2,1-2H3;1-2H3. The van der Waals surface area contributed by atoms with Crippen LogP contribution in [0.1, 0.15) is 34.1 Å². The first-order chi connectivity index (χ1) is 14.8. The van der Waals surface area contributed by atoms with Crippen molar-refractivity contribution in [2.45, 2.75) is 39.0 Å². The van der Waals surface area contributed by atoms with Gasteiger partial charge in [-0.3, -0.25) is 9.08 Å². The lowest BCUT2D eigenvalue weighted by atomic mass is 10.3. The number of rotatable bonds is 4. The van der Waals surface area contributed by atoms with E-state index in [9.17, 15) is 0 Å². The molecule has 0 saturated carbocycles. The Bertz CT molecular complexity index is 1200. The van der Waals surface area contributed by atoms with E-state index in [-0.39, 0.29) is 0 Å². The Labute approximate surface area is 186 Å². The molecule has 0 aliphatic carbocycles. The highest BCUT2D eigenvalue weighted by atomic mass is 32.2. The number of anilines is 2. The van der Waals surface area contributed by atoms with Crippen molar-refractivity contribution >= 4 is 38.1 Å². The third-order valence-corrected chi connectivity index (χ3v) is 5.52. The lowest BCUT2D eigenvalue weighted by molar-refractivity contribution is 0.768. The molecule has 0 radical (unpaired) electrons. The maximum Gasteiger partial charge on any atom is 0.180 e. The summed E-state index contributed by atoms with van der Waals surface area (Å²) in [5, 5.41) is 7.58. The number of fused-ring (bicyclic) bond motifs is 1. The zero-order valence-corrected chi connectivity index (χ0v) is 20.3. The molecule has 4 aromatic rings. The minimum Gasteiger partial charge on any atom is -0.337 e. The Morgan fingerprint density at radius 2 is 1.68 bits per heavy atom. The van der Waals surface area contributed by atoms with E-state index in [1.54, 1.807) is 10.9 Å². The van der Waals surface area contributed by atoms with E-state index < -0.39 is 9.21 Å². The minimum absolute atomic E-state index is 0.703. The monoisotopic (exact) mass is 438 g/mol. The van der Waals surface area contributed by atoms with Crippen LogP contribution < -0.4 is 5.32 Å². The van der Waals surface area contributed by atoms with E-state index in [1.807, 2.05) is 62.2 Å². The molecule has 166 valence electrons. The van der Waals surface area contributed by atoms with Gasteiger partial charge in [0.25, 0.3) is 0 Å². The van der Waals surface area contributed by atoms with Gasteiger partial charge in [-0.1, -0.05) is 45.9 Å². The predicted molar refractivity (Wildman–Crippen MR) is 138 cm³/mol. The van der Waals surface area contributed by atoms with Crippen molar-refractivity contribution in [3.63, 3.8) is 0 Å². The predicted octanol–water partition coefficient (Wildman–Crippen LogP) is 5.97. The van der Waals surface area contributed by atoms with Crippen molar-refractivity contribution in [3.8, 4) is 11.3 Å². The number of hydrogen-bond acceptors (Lipinski definition) is 4. The summed E-state index contributed by atoms with van der Waals surface area (Å²) in [6.07, 6.45) is 12.6. The fourth-order valence-corrected chi connectivity index (χ4v) is 3.57. The van der Waals surface area contributed by atoms with Crippen molar-refractivity contribution in [2.75, 3.05) is 11.6 Å². The quantitative estimate of drug-likeness (QED) is 0.399. The third-order valence-electron chi connectivity index (χ3n) is 4.11. The molecule has 0 aliphatic heterocycles. The Hall–Kier alpha value is -3.06. The third kappa shape index (κ3) is 5.98. The Morgan fingerprint density at radius 1 is 1.03 bits per heavy atom. The lowest BCUT2D eigenvalue weighted by Crippen LogP contribution is -1.98. The molecule has 0 aliphatic rings. The summed E-state index contributed by atoms with van der Waals surface area (Å²) in [4.78, 5) is 10.2. The van der Waals surface area contributed by atoms with Gasteiger partial charge in [0.05, 0.1) is 18.1 Å². The molecule has 0 spiro atoms. The first kappa shape index (κ1) is 24.2. The van der Waals surface area contributed by atoms with Crippen LogP contribution in [-0.4, -0.2) is 42.1 Å². The number of benzene rings is 1. The van der Waals surface area contributed by atoms with E-state index >= 15 is 0 Å². The van der Waals surface area contributed by atoms with Crippen LogP contribution >= 0.6 is 9.21 Å². The smallest absolute Gasteiger partial charge is 0.180 e. The zero-order chi connectivity index (χ0) is 23.0. The highest BCUT2D eigenvalue weighted by Gasteiger charge is 2.11. The largest absolute Gasteiger partial charge is 0.337 e. The maximum absolute atomic E-state index is 4.54. The number of nitrogens with one attached hydrogen (secondary N) is 1. The molecule has 31 heavy (non-hydrogen) atoms. The molecule has 7 heteroatoms. The second-order valence-corrected chi connectivity index (χ2v) is 10.2. The number of hydrogen-bond donors (Lipinski definition) is 1. The number of aromatic nitrogens is 5. The van der Waals surface area contributed by atoms with Crippen LogP contribution in [0.3, 0.4) is 0 Å². The van der Waals surface area contributed by atoms with Gasteiger partial charge in [0.15, 0.2) is 11.5 Å². The van der Waals surface area contributed by atoms with Gasteiger partial charge in [-0.05, 0) is 35.4 Å². The normalized spacial score (nSPS) is 10.6. The van der Waals surface area contributed by atoms with Crippen molar-refractivity contribution in [1.29, 1.82) is 0 Å². The number of nitrogens with zero attached hydrogens (tertiary/aromatic N) is 5. The molecule has 6 nitrogen and oxygen atoms in total. The van der Waals surface area contributed by atoms with Gasteiger partial charge in [-0.2, -0.15) is 14.3 Å². The molecule has 0 bridgehead atoms. The highest BCUT2D eigenvalue weighted by molar-refractivity contribution is 8.27. The van der Waals surface area contributed by atoms with Gasteiger partial charge in [0.2, 0.25) is 0 Å². The zero-order valence-electron chi connectivity index (χ0n) is 19.5. The van der Waals surface area contributed by atoms with Gasteiger partial charge in [0, 0.05) is 36.9 Å². The van der Waals surface area contributed by atoms with E-state index in [0.29, 0.717) is 5.82 Å². The van der Waals surface area contributed by atoms with E-state index in [0.717, 1.165) is 27.5 Å². The van der Waals surface area contributed by atoms with Crippen LogP contribution in [0.25, 0.3) is 16.9 Å². The van der Waals surface area contributed by atoms with Crippen LogP contribution in [-0.2, 0) is 7.05 Å². The molecular formula is C24H34N6S. The Balaban J connectivity index is 0.000000630. The van der Waals surface area contributed by atoms with Gasteiger partial charge in [-0.25, -0.2) is 9.97 Å². The molecule has 0 atom stereocenters. The lowest BCUT2D eigenvalue weighted by Gasteiger charge is -2.11. The number of aryl methyl sites for hydroxylation is 1. The molecule has 1 N–H and O–H groups in total. The van der Waals surface area contributed by atoms with Gasteiger partial charge in [0.1, 0.15) is 0 Å². The second-order valence-electron chi connectivity index (χ2n) is 7.15. The number of imidazole rings is 1.